The molecule has 0 unspecified atom stereocenters. The number of hydrogen-bond donors (Lipinski definition) is 0. The Morgan fingerprint density at radius 3 is 1.26 bits per heavy atom. The Morgan fingerprint density at radius 1 is 0.632 bits per heavy atom. The third-order valence-corrected chi connectivity index (χ3v) is 11.2. The molecule has 0 bridgehead atoms. The highest BCUT2D eigenvalue weighted by atomic mass is 28.5. The lowest BCUT2D eigenvalue weighted by Crippen LogP contribution is -2.59. The summed E-state index contributed by atoms with van der Waals surface area (Å²) in [7, 11) is -7.08. The van der Waals surface area contributed by atoms with Gasteiger partial charge in [0, 0.05) is 19.8 Å². The molecule has 0 aromatic heterocycles. The van der Waals surface area contributed by atoms with Crippen molar-refractivity contribution in [1.82, 2.24) is 0 Å². The van der Waals surface area contributed by atoms with Gasteiger partial charge >= 0.3 is 17.6 Å². The lowest BCUT2D eigenvalue weighted by atomic mass is 10.9. The van der Waals surface area contributed by atoms with Crippen molar-refractivity contribution in [2.45, 2.75) is 53.5 Å². The van der Waals surface area contributed by atoms with Gasteiger partial charge in [0.15, 0.2) is 8.32 Å². The van der Waals surface area contributed by atoms with Crippen molar-refractivity contribution in [3.63, 3.8) is 0 Å². The first-order valence-corrected chi connectivity index (χ1v) is 14.8. The summed E-state index contributed by atoms with van der Waals surface area (Å²) in [6, 6.07) is 0. The van der Waals surface area contributed by atoms with E-state index in [4.69, 9.17) is 21.5 Å². The van der Waals surface area contributed by atoms with Crippen LogP contribution in [0, 0.1) is 0 Å². The van der Waals surface area contributed by atoms with Gasteiger partial charge in [-0.1, -0.05) is 0 Å². The molecule has 116 valence electrons. The Hall–Kier alpha value is 0.451. The van der Waals surface area contributed by atoms with E-state index >= 15 is 0 Å². The zero-order valence-corrected chi connectivity index (χ0v) is 16.7. The summed E-state index contributed by atoms with van der Waals surface area (Å²) in [6.45, 7) is 17.7. The van der Waals surface area contributed by atoms with Gasteiger partial charge in [-0.15, -0.1) is 0 Å². The van der Waals surface area contributed by atoms with E-state index in [1.54, 1.807) is 0 Å². The third kappa shape index (κ3) is 8.35. The van der Waals surface area contributed by atoms with E-state index in [0.29, 0.717) is 19.8 Å². The summed E-state index contributed by atoms with van der Waals surface area (Å²) in [5, 5.41) is 0. The number of hydrogen-bond acceptors (Lipinski definition) is 5. The molecule has 0 aromatic carbocycles. The molecule has 0 radical (unpaired) electrons. The van der Waals surface area contributed by atoms with E-state index in [0.717, 1.165) is 0 Å². The van der Waals surface area contributed by atoms with Crippen molar-refractivity contribution in [1.29, 1.82) is 0 Å². The van der Waals surface area contributed by atoms with Crippen molar-refractivity contribution in [3.05, 3.63) is 0 Å². The van der Waals surface area contributed by atoms with E-state index < -0.39 is 25.9 Å². The average molecular weight is 327 g/mol. The number of rotatable bonds is 10. The van der Waals surface area contributed by atoms with Crippen LogP contribution in [0.2, 0.25) is 32.7 Å². The zero-order chi connectivity index (χ0) is 15.2. The minimum atomic E-state index is -3.07. The first-order valence-electron chi connectivity index (χ1n) is 6.92. The lowest BCUT2D eigenvalue weighted by molar-refractivity contribution is 0.00200. The van der Waals surface area contributed by atoms with Gasteiger partial charge in [-0.3, -0.25) is 0 Å². The van der Waals surface area contributed by atoms with Crippen molar-refractivity contribution in [2.24, 2.45) is 0 Å². The second-order valence-electron chi connectivity index (χ2n) is 5.52. The van der Waals surface area contributed by atoms with Gasteiger partial charge < -0.3 is 21.5 Å². The average Bonchev–Trinajstić information content (AvgIpc) is 2.13. The Balaban J connectivity index is 4.95. The van der Waals surface area contributed by atoms with Crippen molar-refractivity contribution < 1.29 is 21.5 Å². The molecular formula is C11H30O5Si3. The second-order valence-corrected chi connectivity index (χ2v) is 16.0. The van der Waals surface area contributed by atoms with Gasteiger partial charge in [-0.2, -0.15) is 0 Å². The maximum atomic E-state index is 6.17. The standard InChI is InChI=1S/C11H30O5Si3/c1-9-12-19(13-10-2,14-11-3)16-18(7,8)15-17(4,5)6/h9-11H2,1-8H3. The molecule has 0 saturated carbocycles. The minimum Gasteiger partial charge on any atom is -0.437 e. The Morgan fingerprint density at radius 2 is 1.00 bits per heavy atom. The van der Waals surface area contributed by atoms with E-state index in [9.17, 15) is 0 Å². The molecule has 0 heterocycles. The molecule has 0 aliphatic carbocycles. The quantitative estimate of drug-likeness (QED) is 0.577. The van der Waals surface area contributed by atoms with Crippen LogP contribution in [0.5, 0.6) is 0 Å². The SMILES string of the molecule is CCO[Si](OCC)(OCC)O[Si](C)(C)O[Si](C)(C)C. The van der Waals surface area contributed by atoms with Gasteiger partial charge in [0.2, 0.25) is 0 Å². The molecule has 0 atom stereocenters. The normalized spacial score (nSPS) is 13.9. The predicted molar refractivity (Wildman–Crippen MR) is 83.6 cm³/mol. The molecule has 0 aliphatic rings. The van der Waals surface area contributed by atoms with E-state index in [-0.39, 0.29) is 0 Å². The summed E-state index contributed by atoms with van der Waals surface area (Å²) in [5.74, 6) is 0. The highest BCUT2D eigenvalue weighted by molar-refractivity contribution is 6.84. The molecule has 5 nitrogen and oxygen atoms in total. The van der Waals surface area contributed by atoms with Crippen LogP contribution in [0.3, 0.4) is 0 Å². The van der Waals surface area contributed by atoms with Crippen LogP contribution in [0.15, 0.2) is 0 Å². The van der Waals surface area contributed by atoms with Gasteiger partial charge in [-0.05, 0) is 53.5 Å². The predicted octanol–water partition coefficient (Wildman–Crippen LogP) is 3.10. The van der Waals surface area contributed by atoms with Gasteiger partial charge in [0.25, 0.3) is 0 Å². The smallest absolute Gasteiger partial charge is 0.437 e. The third-order valence-electron chi connectivity index (χ3n) is 1.89. The lowest BCUT2D eigenvalue weighted by Gasteiger charge is -2.37. The molecule has 0 aliphatic heterocycles. The van der Waals surface area contributed by atoms with E-state index in [2.05, 4.69) is 19.6 Å². The van der Waals surface area contributed by atoms with Crippen LogP contribution < -0.4 is 0 Å². The largest absolute Gasteiger partial charge is 0.670 e. The summed E-state index contributed by atoms with van der Waals surface area (Å²) in [5.41, 5.74) is 0. The topological polar surface area (TPSA) is 46.2 Å². The molecule has 0 saturated heterocycles. The molecule has 8 heteroatoms. The minimum absolute atomic E-state index is 0.504. The maximum Gasteiger partial charge on any atom is 0.670 e. The van der Waals surface area contributed by atoms with E-state index in [1.165, 1.54) is 0 Å². The molecule has 0 rings (SSSR count). The molecule has 0 N–H and O–H groups in total. The zero-order valence-electron chi connectivity index (χ0n) is 13.7. The molecule has 19 heavy (non-hydrogen) atoms. The van der Waals surface area contributed by atoms with Crippen LogP contribution in [0.25, 0.3) is 0 Å². The van der Waals surface area contributed by atoms with Crippen LogP contribution >= 0.6 is 0 Å². The molecule has 0 spiro atoms. The van der Waals surface area contributed by atoms with Crippen LogP contribution in [0.4, 0.5) is 0 Å². The summed E-state index contributed by atoms with van der Waals surface area (Å²) in [4.78, 5) is 0. The fraction of sp³-hybridized carbons (Fsp3) is 1.00. The van der Waals surface area contributed by atoms with Crippen molar-refractivity contribution in [3.8, 4) is 0 Å². The summed E-state index contributed by atoms with van der Waals surface area (Å²) in [6.07, 6.45) is 0. The Kier molecular flexibility index (Phi) is 8.22. The monoisotopic (exact) mass is 326 g/mol. The highest BCUT2D eigenvalue weighted by Gasteiger charge is 2.51. The van der Waals surface area contributed by atoms with Crippen LogP contribution in [-0.2, 0) is 21.5 Å². The van der Waals surface area contributed by atoms with Gasteiger partial charge in [0.05, 0.1) is 0 Å². The first-order chi connectivity index (χ1) is 8.60. The fourth-order valence-electron chi connectivity index (χ4n) is 1.80. The highest BCUT2D eigenvalue weighted by Crippen LogP contribution is 2.22. The Bertz CT molecular complexity index is 238. The maximum absolute atomic E-state index is 6.17. The summed E-state index contributed by atoms with van der Waals surface area (Å²) >= 11 is 0. The second kappa shape index (κ2) is 8.03. The summed E-state index contributed by atoms with van der Waals surface area (Å²) < 4.78 is 29.4. The van der Waals surface area contributed by atoms with Crippen molar-refractivity contribution in [2.75, 3.05) is 19.8 Å². The van der Waals surface area contributed by atoms with E-state index in [1.807, 2.05) is 33.9 Å². The molecule has 0 aromatic rings. The Labute approximate surface area is 121 Å². The van der Waals surface area contributed by atoms with Gasteiger partial charge in [-0.25, -0.2) is 0 Å². The molecule has 0 amide bonds. The van der Waals surface area contributed by atoms with Crippen LogP contribution in [0.1, 0.15) is 20.8 Å². The van der Waals surface area contributed by atoms with Crippen molar-refractivity contribution >= 4 is 25.9 Å². The molecular weight excluding hydrogens is 296 g/mol. The first kappa shape index (κ1) is 19.5. The van der Waals surface area contributed by atoms with Gasteiger partial charge in [0.1, 0.15) is 0 Å². The van der Waals surface area contributed by atoms with Crippen LogP contribution in [-0.4, -0.2) is 45.7 Å². The fourth-order valence-corrected chi connectivity index (χ4v) is 12.7. The molecule has 0 fully saturated rings.